The van der Waals surface area contributed by atoms with Gasteiger partial charge in [-0.05, 0) is 43.0 Å². The van der Waals surface area contributed by atoms with Gasteiger partial charge >= 0.3 is 0 Å². The number of hydrogen-bond donors (Lipinski definition) is 2. The van der Waals surface area contributed by atoms with Gasteiger partial charge in [0.15, 0.2) is 5.90 Å². The van der Waals surface area contributed by atoms with Crippen LogP contribution < -0.4 is 10.1 Å². The molecule has 0 aliphatic carbocycles. The number of unbranched alkanes of at least 4 members (excludes halogenated alkanes) is 1. The Morgan fingerprint density at radius 1 is 1.35 bits per heavy atom. The predicted octanol–water partition coefficient (Wildman–Crippen LogP) is 2.74. The van der Waals surface area contributed by atoms with Crippen LogP contribution in [0, 0.1) is 5.41 Å². The highest BCUT2D eigenvalue weighted by atomic mass is 16.5. The minimum atomic E-state index is 0.0757. The minimum Gasteiger partial charge on any atom is -0.494 e. The van der Waals surface area contributed by atoms with Crippen molar-refractivity contribution in [2.45, 2.75) is 32.1 Å². The van der Waals surface area contributed by atoms with Gasteiger partial charge in [-0.2, -0.15) is 0 Å². The van der Waals surface area contributed by atoms with E-state index in [4.69, 9.17) is 14.9 Å². The third-order valence-electron chi connectivity index (χ3n) is 3.29. The van der Waals surface area contributed by atoms with Crippen molar-refractivity contribution in [2.24, 2.45) is 0 Å². The molecule has 1 aliphatic heterocycles. The van der Waals surface area contributed by atoms with E-state index in [-0.39, 0.29) is 5.91 Å². The predicted molar refractivity (Wildman–Crippen MR) is 77.5 cm³/mol. The van der Waals surface area contributed by atoms with Gasteiger partial charge in [0.2, 0.25) is 5.91 Å². The number of anilines is 1. The molecule has 0 bridgehead atoms. The topological polar surface area (TPSA) is 71.4 Å². The van der Waals surface area contributed by atoms with Crippen molar-refractivity contribution >= 4 is 17.5 Å². The van der Waals surface area contributed by atoms with Crippen LogP contribution in [-0.4, -0.2) is 25.5 Å². The Labute approximate surface area is 118 Å². The van der Waals surface area contributed by atoms with Crippen LogP contribution in [0.2, 0.25) is 0 Å². The fraction of sp³-hybridized carbons (Fsp3) is 0.467. The second kappa shape index (κ2) is 6.93. The lowest BCUT2D eigenvalue weighted by molar-refractivity contribution is -0.116. The van der Waals surface area contributed by atoms with Gasteiger partial charge in [0.1, 0.15) is 5.75 Å². The molecular formula is C15H20N2O3. The van der Waals surface area contributed by atoms with Crippen LogP contribution in [0.4, 0.5) is 5.69 Å². The molecule has 20 heavy (non-hydrogen) atoms. The lowest BCUT2D eigenvalue weighted by Gasteiger charge is -2.17. The highest BCUT2D eigenvalue weighted by Gasteiger charge is 2.14. The summed E-state index contributed by atoms with van der Waals surface area (Å²) in [7, 11) is 1.52. The Morgan fingerprint density at radius 3 is 3.00 bits per heavy atom. The first-order valence-electron chi connectivity index (χ1n) is 6.86. The van der Waals surface area contributed by atoms with Gasteiger partial charge in [0.25, 0.3) is 0 Å². The molecule has 5 heteroatoms. The molecule has 1 heterocycles. The smallest absolute Gasteiger partial charge is 0.224 e. The Hall–Kier alpha value is -2.04. The Kier molecular flexibility index (Phi) is 4.98. The van der Waals surface area contributed by atoms with E-state index in [9.17, 15) is 4.79 Å². The standard InChI is InChI=1S/C15H20N2O3/c1-19-14(16)4-2-3-9-20-12-6-7-13-11(10-12)5-8-15(18)17-13/h6-7,10,16H,2-5,8-9H2,1H3,(H,17,18). The normalized spacial score (nSPS) is 13.3. The number of carbonyl (C=O) groups excluding carboxylic acids is 1. The molecule has 0 radical (unpaired) electrons. The zero-order chi connectivity index (χ0) is 14.4. The first-order valence-corrected chi connectivity index (χ1v) is 6.86. The summed E-state index contributed by atoms with van der Waals surface area (Å²) in [5.74, 6) is 1.22. The summed E-state index contributed by atoms with van der Waals surface area (Å²) >= 11 is 0. The summed E-state index contributed by atoms with van der Waals surface area (Å²) in [5, 5.41) is 10.2. The van der Waals surface area contributed by atoms with Crippen molar-refractivity contribution < 1.29 is 14.3 Å². The van der Waals surface area contributed by atoms with E-state index < -0.39 is 0 Å². The summed E-state index contributed by atoms with van der Waals surface area (Å²) < 4.78 is 10.5. The van der Waals surface area contributed by atoms with Crippen LogP contribution in [0.25, 0.3) is 0 Å². The third kappa shape index (κ3) is 3.98. The highest BCUT2D eigenvalue weighted by molar-refractivity contribution is 5.93. The maximum atomic E-state index is 11.3. The average Bonchev–Trinajstić information content (AvgIpc) is 2.46. The van der Waals surface area contributed by atoms with E-state index in [1.165, 1.54) is 7.11 Å². The van der Waals surface area contributed by atoms with Gasteiger partial charge in [0.05, 0.1) is 13.7 Å². The number of carbonyl (C=O) groups is 1. The Balaban J connectivity index is 1.77. The Bertz CT molecular complexity index is 500. The van der Waals surface area contributed by atoms with Crippen LogP contribution in [0.1, 0.15) is 31.2 Å². The fourth-order valence-corrected chi connectivity index (χ4v) is 2.13. The highest BCUT2D eigenvalue weighted by Crippen LogP contribution is 2.26. The molecule has 2 rings (SSSR count). The molecule has 0 unspecified atom stereocenters. The molecule has 0 fully saturated rings. The molecule has 1 amide bonds. The maximum absolute atomic E-state index is 11.3. The number of benzene rings is 1. The number of ether oxygens (including phenoxy) is 2. The molecule has 0 saturated carbocycles. The summed E-state index contributed by atoms with van der Waals surface area (Å²) in [4.78, 5) is 11.3. The monoisotopic (exact) mass is 276 g/mol. The number of nitrogens with one attached hydrogen (secondary N) is 2. The maximum Gasteiger partial charge on any atom is 0.224 e. The number of aryl methyl sites for hydroxylation is 1. The molecule has 0 saturated heterocycles. The number of methoxy groups -OCH3 is 1. The molecule has 2 N–H and O–H groups in total. The Morgan fingerprint density at radius 2 is 2.20 bits per heavy atom. The largest absolute Gasteiger partial charge is 0.494 e. The van der Waals surface area contributed by atoms with Crippen molar-refractivity contribution in [2.75, 3.05) is 19.0 Å². The summed E-state index contributed by atoms with van der Waals surface area (Å²) in [6.45, 7) is 0.627. The zero-order valence-corrected chi connectivity index (χ0v) is 11.7. The number of amides is 1. The van der Waals surface area contributed by atoms with Crippen molar-refractivity contribution in [1.82, 2.24) is 0 Å². The van der Waals surface area contributed by atoms with Crippen LogP contribution >= 0.6 is 0 Å². The summed E-state index contributed by atoms with van der Waals surface area (Å²) in [6.07, 6.45) is 3.72. The first kappa shape index (κ1) is 14.4. The van der Waals surface area contributed by atoms with E-state index in [0.29, 0.717) is 25.3 Å². The van der Waals surface area contributed by atoms with Crippen molar-refractivity contribution in [1.29, 1.82) is 5.41 Å². The first-order chi connectivity index (χ1) is 9.69. The fourth-order valence-electron chi connectivity index (χ4n) is 2.13. The van der Waals surface area contributed by atoms with E-state index in [0.717, 1.165) is 36.3 Å². The molecule has 1 aromatic rings. The van der Waals surface area contributed by atoms with Gasteiger partial charge in [-0.25, -0.2) is 0 Å². The van der Waals surface area contributed by atoms with Crippen molar-refractivity contribution in [3.63, 3.8) is 0 Å². The van der Waals surface area contributed by atoms with Gasteiger partial charge in [0, 0.05) is 18.5 Å². The van der Waals surface area contributed by atoms with Crippen LogP contribution in [0.15, 0.2) is 18.2 Å². The molecule has 108 valence electrons. The second-order valence-electron chi connectivity index (χ2n) is 4.80. The van der Waals surface area contributed by atoms with E-state index in [1.54, 1.807) is 0 Å². The van der Waals surface area contributed by atoms with Gasteiger partial charge < -0.3 is 14.8 Å². The average molecular weight is 276 g/mol. The quantitative estimate of drug-likeness (QED) is 0.477. The molecule has 1 aliphatic rings. The van der Waals surface area contributed by atoms with E-state index >= 15 is 0 Å². The molecule has 5 nitrogen and oxygen atoms in total. The van der Waals surface area contributed by atoms with Gasteiger partial charge in [-0.15, -0.1) is 0 Å². The number of rotatable bonds is 6. The molecule has 0 spiro atoms. The summed E-state index contributed by atoms with van der Waals surface area (Å²) in [5.41, 5.74) is 2.02. The van der Waals surface area contributed by atoms with E-state index in [2.05, 4.69) is 5.32 Å². The van der Waals surface area contributed by atoms with Crippen LogP contribution in [0.5, 0.6) is 5.75 Å². The second-order valence-corrected chi connectivity index (χ2v) is 4.80. The number of fused-ring (bicyclic) bond motifs is 1. The lowest BCUT2D eigenvalue weighted by atomic mass is 10.0. The number of hydrogen-bond acceptors (Lipinski definition) is 4. The van der Waals surface area contributed by atoms with Crippen molar-refractivity contribution in [3.05, 3.63) is 23.8 Å². The molecule has 1 aromatic carbocycles. The zero-order valence-electron chi connectivity index (χ0n) is 11.7. The lowest BCUT2D eigenvalue weighted by Crippen LogP contribution is -2.18. The molecular weight excluding hydrogens is 256 g/mol. The van der Waals surface area contributed by atoms with Crippen LogP contribution in [0.3, 0.4) is 0 Å². The van der Waals surface area contributed by atoms with E-state index in [1.807, 2.05) is 18.2 Å². The minimum absolute atomic E-state index is 0.0757. The molecule has 0 aromatic heterocycles. The molecule has 0 atom stereocenters. The van der Waals surface area contributed by atoms with Gasteiger partial charge in [-0.3, -0.25) is 10.2 Å². The van der Waals surface area contributed by atoms with Crippen LogP contribution in [-0.2, 0) is 16.0 Å². The van der Waals surface area contributed by atoms with Gasteiger partial charge in [-0.1, -0.05) is 0 Å². The van der Waals surface area contributed by atoms with Crippen molar-refractivity contribution in [3.8, 4) is 5.75 Å². The summed E-state index contributed by atoms with van der Waals surface area (Å²) in [6, 6.07) is 5.76. The SMILES string of the molecule is COC(=N)CCCCOc1ccc2c(c1)CCC(=O)N2. The third-order valence-corrected chi connectivity index (χ3v) is 3.29.